The van der Waals surface area contributed by atoms with Crippen LogP contribution in [0.1, 0.15) is 24.2 Å². The van der Waals surface area contributed by atoms with Crippen molar-refractivity contribution in [1.29, 1.82) is 0 Å². The molecule has 2 unspecified atom stereocenters. The predicted molar refractivity (Wildman–Crippen MR) is 79.7 cm³/mol. The zero-order valence-electron chi connectivity index (χ0n) is 11.3. The summed E-state index contributed by atoms with van der Waals surface area (Å²) in [6.45, 7) is 5.59. The molecule has 1 aromatic carbocycles. The van der Waals surface area contributed by atoms with Crippen molar-refractivity contribution in [3.05, 3.63) is 28.2 Å². The maximum atomic E-state index is 12.4. The van der Waals surface area contributed by atoms with Crippen LogP contribution >= 0.6 is 15.9 Å². The number of rotatable bonds is 2. The molecular formula is C13H17BrN2O3S. The van der Waals surface area contributed by atoms with Crippen LogP contribution in [-0.4, -0.2) is 32.3 Å². The fourth-order valence-electron chi connectivity index (χ4n) is 2.33. The Kier molecular flexibility index (Phi) is 4.22. The average molecular weight is 361 g/mol. The molecule has 20 heavy (non-hydrogen) atoms. The highest BCUT2D eigenvalue weighted by Crippen LogP contribution is 2.25. The Balaban J connectivity index is 2.34. The molecule has 1 aromatic rings. The quantitative estimate of drug-likeness (QED) is 0.873. The van der Waals surface area contributed by atoms with E-state index in [-0.39, 0.29) is 10.8 Å². The summed E-state index contributed by atoms with van der Waals surface area (Å²) in [5.41, 5.74) is 0.338. The largest absolute Gasteiger partial charge is 0.338 e. The Hall–Kier alpha value is -0.920. The standard InChI is InChI=1S/C13H17BrN2O3S/c1-8-6-16(7-9(8)2)13(17)10-3-11(14)5-12(4-10)20(15,18)19/h3-5,8-9H,6-7H2,1-2H3,(H2,15,18,19). The summed E-state index contributed by atoms with van der Waals surface area (Å²) in [5.74, 6) is 0.736. The second kappa shape index (κ2) is 5.46. The van der Waals surface area contributed by atoms with Gasteiger partial charge in [-0.3, -0.25) is 4.79 Å². The highest BCUT2D eigenvalue weighted by Gasteiger charge is 2.30. The first-order chi connectivity index (χ1) is 9.18. The third-order valence-corrected chi connectivity index (χ3v) is 5.07. The number of benzene rings is 1. The van der Waals surface area contributed by atoms with E-state index < -0.39 is 10.0 Å². The van der Waals surface area contributed by atoms with Gasteiger partial charge in [0.2, 0.25) is 10.0 Å². The number of sulfonamides is 1. The fraction of sp³-hybridized carbons (Fsp3) is 0.462. The highest BCUT2D eigenvalue weighted by atomic mass is 79.9. The first kappa shape index (κ1) is 15.5. The van der Waals surface area contributed by atoms with Gasteiger partial charge in [-0.2, -0.15) is 0 Å². The summed E-state index contributed by atoms with van der Waals surface area (Å²) in [7, 11) is -3.83. The number of amides is 1. The SMILES string of the molecule is CC1CN(C(=O)c2cc(Br)cc(S(N)(=O)=O)c2)CC1C. The fourth-order valence-corrected chi connectivity index (χ4v) is 3.56. The monoisotopic (exact) mass is 360 g/mol. The number of hydrogen-bond acceptors (Lipinski definition) is 3. The van der Waals surface area contributed by atoms with E-state index in [9.17, 15) is 13.2 Å². The smallest absolute Gasteiger partial charge is 0.253 e. The molecule has 1 saturated heterocycles. The predicted octanol–water partition coefficient (Wildman–Crippen LogP) is 1.82. The molecule has 1 aliphatic rings. The summed E-state index contributed by atoms with van der Waals surface area (Å²) in [4.78, 5) is 14.1. The second-order valence-corrected chi connectivity index (χ2v) is 7.86. The van der Waals surface area contributed by atoms with Crippen molar-refractivity contribution in [3.8, 4) is 0 Å². The maximum absolute atomic E-state index is 12.4. The van der Waals surface area contributed by atoms with Crippen molar-refractivity contribution in [2.45, 2.75) is 18.7 Å². The summed E-state index contributed by atoms with van der Waals surface area (Å²) in [5, 5.41) is 5.12. The summed E-state index contributed by atoms with van der Waals surface area (Å²) in [6, 6.07) is 4.34. The van der Waals surface area contributed by atoms with Gasteiger partial charge in [-0.15, -0.1) is 0 Å². The molecule has 7 heteroatoms. The lowest BCUT2D eigenvalue weighted by Crippen LogP contribution is -2.29. The number of hydrogen-bond donors (Lipinski definition) is 1. The van der Waals surface area contributed by atoms with Crippen LogP contribution in [0.2, 0.25) is 0 Å². The van der Waals surface area contributed by atoms with E-state index in [1.165, 1.54) is 12.1 Å². The summed E-state index contributed by atoms with van der Waals surface area (Å²) in [6.07, 6.45) is 0. The van der Waals surface area contributed by atoms with Crippen molar-refractivity contribution in [1.82, 2.24) is 4.90 Å². The van der Waals surface area contributed by atoms with Gasteiger partial charge in [0.25, 0.3) is 5.91 Å². The van der Waals surface area contributed by atoms with Gasteiger partial charge in [0.05, 0.1) is 4.90 Å². The van der Waals surface area contributed by atoms with Crippen LogP contribution in [0.15, 0.2) is 27.6 Å². The average Bonchev–Trinajstić information content (AvgIpc) is 2.67. The molecule has 1 fully saturated rings. The zero-order valence-corrected chi connectivity index (χ0v) is 13.7. The van der Waals surface area contributed by atoms with Gasteiger partial charge >= 0.3 is 0 Å². The van der Waals surface area contributed by atoms with Gasteiger partial charge in [0.15, 0.2) is 0 Å². The third kappa shape index (κ3) is 3.21. The molecule has 0 spiro atoms. The highest BCUT2D eigenvalue weighted by molar-refractivity contribution is 9.10. The van der Waals surface area contributed by atoms with Crippen molar-refractivity contribution in [2.75, 3.05) is 13.1 Å². The number of nitrogens with two attached hydrogens (primary N) is 1. The van der Waals surface area contributed by atoms with Gasteiger partial charge in [-0.05, 0) is 30.0 Å². The van der Waals surface area contributed by atoms with Gasteiger partial charge in [0, 0.05) is 23.1 Å². The number of primary sulfonamides is 1. The number of carbonyl (C=O) groups is 1. The molecular weight excluding hydrogens is 344 g/mol. The van der Waals surface area contributed by atoms with Gasteiger partial charge < -0.3 is 4.90 Å². The molecule has 110 valence electrons. The minimum atomic E-state index is -3.83. The normalized spacial score (nSPS) is 23.1. The number of halogens is 1. The van der Waals surface area contributed by atoms with Crippen LogP contribution in [0, 0.1) is 11.8 Å². The molecule has 2 rings (SSSR count). The first-order valence-electron chi connectivity index (χ1n) is 6.31. The Labute approximate surface area is 127 Å². The van der Waals surface area contributed by atoms with E-state index in [1.54, 1.807) is 11.0 Å². The van der Waals surface area contributed by atoms with Crippen molar-refractivity contribution in [3.63, 3.8) is 0 Å². The number of nitrogens with zero attached hydrogens (tertiary/aromatic N) is 1. The van der Waals surface area contributed by atoms with Crippen LogP contribution < -0.4 is 5.14 Å². The van der Waals surface area contributed by atoms with Gasteiger partial charge in [0.1, 0.15) is 0 Å². The Bertz CT molecular complexity index is 635. The number of likely N-dealkylation sites (tertiary alicyclic amines) is 1. The van der Waals surface area contributed by atoms with Crippen LogP contribution in [0.3, 0.4) is 0 Å². The minimum absolute atomic E-state index is 0.0597. The van der Waals surface area contributed by atoms with Crippen molar-refractivity contribution >= 4 is 31.9 Å². The maximum Gasteiger partial charge on any atom is 0.253 e. The molecule has 0 aliphatic carbocycles. The van der Waals surface area contributed by atoms with Crippen molar-refractivity contribution < 1.29 is 13.2 Å². The van der Waals surface area contributed by atoms with Crippen molar-refractivity contribution in [2.24, 2.45) is 17.0 Å². The lowest BCUT2D eigenvalue weighted by molar-refractivity contribution is 0.0784. The Morgan fingerprint density at radius 1 is 1.25 bits per heavy atom. The lowest BCUT2D eigenvalue weighted by atomic mass is 10.0. The molecule has 2 atom stereocenters. The van der Waals surface area contributed by atoms with E-state index in [0.717, 1.165) is 0 Å². The molecule has 2 N–H and O–H groups in total. The van der Waals surface area contributed by atoms with E-state index in [0.29, 0.717) is 35.0 Å². The third-order valence-electron chi connectivity index (χ3n) is 3.72. The molecule has 0 aromatic heterocycles. The van der Waals surface area contributed by atoms with Gasteiger partial charge in [-0.25, -0.2) is 13.6 Å². The van der Waals surface area contributed by atoms with E-state index in [4.69, 9.17) is 5.14 Å². The molecule has 1 amide bonds. The van der Waals surface area contributed by atoms with E-state index >= 15 is 0 Å². The van der Waals surface area contributed by atoms with E-state index in [2.05, 4.69) is 29.8 Å². The minimum Gasteiger partial charge on any atom is -0.338 e. The molecule has 1 aliphatic heterocycles. The second-order valence-electron chi connectivity index (χ2n) is 5.39. The summed E-state index contributed by atoms with van der Waals surface area (Å²) >= 11 is 3.22. The molecule has 0 saturated carbocycles. The first-order valence-corrected chi connectivity index (χ1v) is 8.65. The lowest BCUT2D eigenvalue weighted by Gasteiger charge is -2.16. The van der Waals surface area contributed by atoms with Crippen LogP contribution in [0.25, 0.3) is 0 Å². The molecule has 5 nitrogen and oxygen atoms in total. The Morgan fingerprint density at radius 2 is 1.80 bits per heavy atom. The molecule has 0 radical (unpaired) electrons. The van der Waals surface area contributed by atoms with Crippen LogP contribution in [-0.2, 0) is 10.0 Å². The molecule has 1 heterocycles. The van der Waals surface area contributed by atoms with Crippen LogP contribution in [0.4, 0.5) is 0 Å². The van der Waals surface area contributed by atoms with Crippen LogP contribution in [0.5, 0.6) is 0 Å². The molecule has 0 bridgehead atoms. The Morgan fingerprint density at radius 3 is 2.30 bits per heavy atom. The summed E-state index contributed by atoms with van der Waals surface area (Å²) < 4.78 is 23.4. The zero-order chi connectivity index (χ0) is 15.1. The number of carbonyl (C=O) groups excluding carboxylic acids is 1. The van der Waals surface area contributed by atoms with Gasteiger partial charge in [-0.1, -0.05) is 29.8 Å². The van der Waals surface area contributed by atoms with E-state index in [1.807, 2.05) is 0 Å². The topological polar surface area (TPSA) is 80.5 Å².